The van der Waals surface area contributed by atoms with Crippen molar-refractivity contribution in [1.82, 2.24) is 4.98 Å². The number of hydrogen-bond donors (Lipinski definition) is 1. The first-order valence-corrected chi connectivity index (χ1v) is 13.7. The number of carbonyl (C=O) groups excluding carboxylic acids is 1. The number of aliphatic imine (C=N–C) groups is 1. The van der Waals surface area contributed by atoms with E-state index >= 15 is 0 Å². The second kappa shape index (κ2) is 11.1. The number of aromatic nitrogens is 1. The zero-order valence-electron chi connectivity index (χ0n) is 20.8. The average molecular weight is 528 g/mol. The van der Waals surface area contributed by atoms with Crippen molar-refractivity contribution in [2.24, 2.45) is 4.99 Å². The van der Waals surface area contributed by atoms with Crippen LogP contribution in [-0.2, 0) is 14.3 Å². The van der Waals surface area contributed by atoms with Gasteiger partial charge in [0.2, 0.25) is 11.6 Å². The van der Waals surface area contributed by atoms with Crippen LogP contribution in [0.2, 0.25) is 0 Å². The summed E-state index contributed by atoms with van der Waals surface area (Å²) in [6, 6.07) is 8.46. The highest BCUT2D eigenvalue weighted by atomic mass is 32.2. The maximum absolute atomic E-state index is 12.1. The fourth-order valence-corrected chi connectivity index (χ4v) is 6.33. The molecule has 0 saturated carbocycles. The number of hydrogen-bond acceptors (Lipinski definition) is 8. The molecular weight excluding hydrogens is 496 g/mol. The summed E-state index contributed by atoms with van der Waals surface area (Å²) < 4.78 is 13.3. The van der Waals surface area contributed by atoms with Crippen molar-refractivity contribution in [3.63, 3.8) is 0 Å². The van der Waals surface area contributed by atoms with Crippen molar-refractivity contribution in [3.8, 4) is 0 Å². The van der Waals surface area contributed by atoms with E-state index in [1.165, 1.54) is 6.92 Å². The summed E-state index contributed by atoms with van der Waals surface area (Å²) >= 11 is 3.24. The van der Waals surface area contributed by atoms with Gasteiger partial charge in [-0.2, -0.15) is 0 Å². The standard InChI is InChI=1S/C25H30N6O3S2/c1-17(32)26-23-22(36-25(28-23)31-10-14-34-15-11-31)21-20(16-18-4-6-19(7-5-18)29(2)3)35-24(27-21)30-8-12-33-13-9-30/h4-7,16H,8-15H2,1-3H3/p+1. The van der Waals surface area contributed by atoms with Gasteiger partial charge in [0.05, 0.1) is 31.3 Å². The van der Waals surface area contributed by atoms with Crippen LogP contribution in [0, 0.1) is 0 Å². The van der Waals surface area contributed by atoms with E-state index in [9.17, 15) is 4.79 Å². The van der Waals surface area contributed by atoms with Gasteiger partial charge in [-0.3, -0.25) is 4.79 Å². The van der Waals surface area contributed by atoms with Gasteiger partial charge in [0.25, 0.3) is 0 Å². The Morgan fingerprint density at radius 3 is 2.47 bits per heavy atom. The molecule has 2 fully saturated rings. The minimum absolute atomic E-state index is 0.150. The third-order valence-corrected chi connectivity index (χ3v) is 8.22. The van der Waals surface area contributed by atoms with Gasteiger partial charge in [0.15, 0.2) is 10.9 Å². The fraction of sp³-hybridized carbons (Fsp3) is 0.440. The number of anilines is 3. The van der Waals surface area contributed by atoms with Crippen LogP contribution in [0.1, 0.15) is 17.4 Å². The first-order valence-electron chi connectivity index (χ1n) is 12.0. The SMILES string of the molecule is CC(=O)Nc1nc(N2CCOCC2)sc1C1=NC(=[N+]2CCOCC2)SC1=Cc1ccc(N(C)C)cc1. The molecule has 1 aromatic carbocycles. The Morgan fingerprint density at radius 2 is 1.81 bits per heavy atom. The van der Waals surface area contributed by atoms with Crippen molar-refractivity contribution in [2.45, 2.75) is 6.92 Å². The number of nitrogens with one attached hydrogen (secondary N) is 1. The normalized spacial score (nSPS) is 19.6. The quantitative estimate of drug-likeness (QED) is 0.599. The summed E-state index contributed by atoms with van der Waals surface area (Å²) in [4.78, 5) is 28.2. The molecule has 0 bridgehead atoms. The summed E-state index contributed by atoms with van der Waals surface area (Å²) in [5.41, 5.74) is 3.09. The lowest BCUT2D eigenvalue weighted by atomic mass is 10.1. The van der Waals surface area contributed by atoms with Gasteiger partial charge < -0.3 is 24.6 Å². The number of carbonyl (C=O) groups is 1. The molecule has 0 radical (unpaired) electrons. The van der Waals surface area contributed by atoms with Crippen molar-refractivity contribution in [2.75, 3.05) is 81.8 Å². The van der Waals surface area contributed by atoms with E-state index < -0.39 is 0 Å². The largest absolute Gasteiger partial charge is 0.378 e. The van der Waals surface area contributed by atoms with Gasteiger partial charge in [0, 0.05) is 51.6 Å². The smallest absolute Gasteiger partial charge is 0.360 e. The average Bonchev–Trinajstić information content (AvgIpc) is 3.49. The molecule has 4 heterocycles. The molecule has 36 heavy (non-hydrogen) atoms. The van der Waals surface area contributed by atoms with Crippen LogP contribution in [-0.4, -0.2) is 93.0 Å². The molecule has 5 rings (SSSR count). The number of morpholine rings is 2. The molecule has 1 aromatic heterocycles. The minimum atomic E-state index is -0.150. The van der Waals surface area contributed by atoms with Crippen molar-refractivity contribution < 1.29 is 18.8 Å². The molecule has 1 amide bonds. The molecule has 0 atom stereocenters. The van der Waals surface area contributed by atoms with Crippen molar-refractivity contribution >= 4 is 62.6 Å². The van der Waals surface area contributed by atoms with Crippen LogP contribution in [0.3, 0.4) is 0 Å². The molecule has 1 N–H and O–H groups in total. The van der Waals surface area contributed by atoms with Crippen LogP contribution < -0.4 is 15.1 Å². The Balaban J connectivity index is 1.57. The number of amides is 1. The molecule has 3 aliphatic rings. The predicted octanol–water partition coefficient (Wildman–Crippen LogP) is 2.98. The third-order valence-electron chi connectivity index (χ3n) is 6.04. The van der Waals surface area contributed by atoms with E-state index in [1.54, 1.807) is 23.1 Å². The Bertz CT molecular complexity index is 1200. The van der Waals surface area contributed by atoms with E-state index in [2.05, 4.69) is 50.0 Å². The maximum atomic E-state index is 12.1. The van der Waals surface area contributed by atoms with Crippen LogP contribution in [0.5, 0.6) is 0 Å². The molecule has 0 aliphatic carbocycles. The molecule has 0 unspecified atom stereocenters. The highest BCUT2D eigenvalue weighted by molar-refractivity contribution is 8.18. The summed E-state index contributed by atoms with van der Waals surface area (Å²) in [6.07, 6.45) is 2.17. The fourth-order valence-electron chi connectivity index (χ4n) is 4.10. The van der Waals surface area contributed by atoms with Crippen LogP contribution in [0.4, 0.5) is 16.6 Å². The molecule has 3 aliphatic heterocycles. The Hall–Kier alpha value is -2.73. The Labute approximate surface area is 219 Å². The highest BCUT2D eigenvalue weighted by Crippen LogP contribution is 2.39. The van der Waals surface area contributed by atoms with Gasteiger partial charge in [-0.25, -0.2) is 9.56 Å². The summed E-state index contributed by atoms with van der Waals surface area (Å²) in [6.45, 7) is 7.41. The number of rotatable bonds is 5. The number of benzene rings is 1. The number of amidine groups is 1. The predicted molar refractivity (Wildman–Crippen MR) is 148 cm³/mol. The van der Waals surface area contributed by atoms with Gasteiger partial charge in [-0.1, -0.05) is 23.5 Å². The zero-order valence-corrected chi connectivity index (χ0v) is 22.5. The number of ether oxygens (including phenoxy) is 2. The van der Waals surface area contributed by atoms with Gasteiger partial charge >= 0.3 is 5.17 Å². The molecule has 9 nitrogen and oxygen atoms in total. The van der Waals surface area contributed by atoms with E-state index in [0.717, 1.165) is 63.2 Å². The van der Waals surface area contributed by atoms with Gasteiger partial charge in [0.1, 0.15) is 18.0 Å². The second-order valence-corrected chi connectivity index (χ2v) is 10.9. The van der Waals surface area contributed by atoms with Crippen LogP contribution in [0.15, 0.2) is 34.2 Å². The zero-order chi connectivity index (χ0) is 25.1. The van der Waals surface area contributed by atoms with E-state index in [4.69, 9.17) is 19.5 Å². The van der Waals surface area contributed by atoms with Crippen LogP contribution in [0.25, 0.3) is 6.08 Å². The van der Waals surface area contributed by atoms with E-state index in [1.807, 2.05) is 14.1 Å². The summed E-state index contributed by atoms with van der Waals surface area (Å²) in [5.74, 6) is 0.411. The Morgan fingerprint density at radius 1 is 1.11 bits per heavy atom. The number of nitrogens with zero attached hydrogens (tertiary/aromatic N) is 5. The first kappa shape index (κ1) is 24.9. The molecule has 190 valence electrons. The van der Waals surface area contributed by atoms with Crippen molar-refractivity contribution in [1.29, 1.82) is 0 Å². The number of thiazole rings is 1. The lowest BCUT2D eigenvalue weighted by molar-refractivity contribution is -0.547. The molecular formula is C25H31N6O3S2+. The third kappa shape index (κ3) is 5.64. The lowest BCUT2D eigenvalue weighted by Crippen LogP contribution is -2.36. The molecule has 11 heteroatoms. The molecule has 0 spiro atoms. The monoisotopic (exact) mass is 527 g/mol. The highest BCUT2D eigenvalue weighted by Gasteiger charge is 2.36. The lowest BCUT2D eigenvalue weighted by Gasteiger charge is -2.25. The number of thioether (sulfide) groups is 1. The number of allylic oxidation sites excluding steroid dienone is 1. The summed E-state index contributed by atoms with van der Waals surface area (Å²) in [5, 5.41) is 4.78. The van der Waals surface area contributed by atoms with Gasteiger partial charge in [-0.15, -0.1) is 0 Å². The van der Waals surface area contributed by atoms with E-state index in [-0.39, 0.29) is 5.91 Å². The molecule has 2 saturated heterocycles. The topological polar surface area (TPSA) is 82.3 Å². The van der Waals surface area contributed by atoms with Gasteiger partial charge in [-0.05, 0) is 28.8 Å². The van der Waals surface area contributed by atoms with E-state index in [0.29, 0.717) is 32.2 Å². The minimum Gasteiger partial charge on any atom is -0.378 e. The molecule has 2 aromatic rings. The van der Waals surface area contributed by atoms with Crippen molar-refractivity contribution in [3.05, 3.63) is 39.6 Å². The summed E-state index contributed by atoms with van der Waals surface area (Å²) in [7, 11) is 4.07. The van der Waals surface area contributed by atoms with Crippen LogP contribution >= 0.6 is 23.1 Å². The maximum Gasteiger partial charge on any atom is 0.360 e. The Kier molecular flexibility index (Phi) is 7.70. The first-order chi connectivity index (χ1) is 17.5. The second-order valence-electron chi connectivity index (χ2n) is 8.89.